The molecule has 2 heterocycles. The van der Waals surface area contributed by atoms with Crippen molar-refractivity contribution >= 4 is 29.1 Å². The van der Waals surface area contributed by atoms with Crippen LogP contribution in [0.4, 0.5) is 9.59 Å². The summed E-state index contributed by atoms with van der Waals surface area (Å²) in [5, 5.41) is 12.9. The molecule has 39 heavy (non-hydrogen) atoms. The maximum atomic E-state index is 12.8. The molecule has 5 rings (SSSR count). The van der Waals surface area contributed by atoms with Crippen LogP contribution < -0.4 is 5.32 Å². The number of pyridine rings is 1. The fourth-order valence-corrected chi connectivity index (χ4v) is 4.97. The zero-order valence-electron chi connectivity index (χ0n) is 21.9. The third kappa shape index (κ3) is 5.34. The molecule has 1 atom stereocenters. The van der Waals surface area contributed by atoms with Gasteiger partial charge in [-0.1, -0.05) is 48.5 Å². The third-order valence-electron chi connectivity index (χ3n) is 6.64. The van der Waals surface area contributed by atoms with Crippen LogP contribution in [0.25, 0.3) is 22.0 Å². The number of hydrogen-bond acceptors (Lipinski definition) is 6. The molecule has 200 valence electrons. The number of fused-ring (bicyclic) bond motifs is 4. The molecular formula is C30H29N3O6. The topological polar surface area (TPSA) is 120 Å². The predicted molar refractivity (Wildman–Crippen MR) is 145 cm³/mol. The van der Waals surface area contributed by atoms with E-state index in [1.807, 2.05) is 48.5 Å². The molecule has 1 aliphatic carbocycles. The normalized spacial score (nSPS) is 13.4. The lowest BCUT2D eigenvalue weighted by Gasteiger charge is -2.19. The van der Waals surface area contributed by atoms with Gasteiger partial charge in [-0.3, -0.25) is 9.55 Å². The number of aromatic nitrogens is 2. The van der Waals surface area contributed by atoms with Crippen LogP contribution in [0.5, 0.6) is 0 Å². The molecule has 9 heteroatoms. The molecular weight excluding hydrogens is 498 g/mol. The summed E-state index contributed by atoms with van der Waals surface area (Å²) in [6.07, 6.45) is 3.10. The highest BCUT2D eigenvalue weighted by molar-refractivity contribution is 5.92. The fourth-order valence-electron chi connectivity index (χ4n) is 4.97. The van der Waals surface area contributed by atoms with Crippen molar-refractivity contribution in [2.24, 2.45) is 0 Å². The number of aliphatic carboxylic acids is 1. The van der Waals surface area contributed by atoms with E-state index in [4.69, 9.17) is 9.47 Å². The number of carbonyl (C=O) groups is 3. The Morgan fingerprint density at radius 3 is 2.28 bits per heavy atom. The minimum absolute atomic E-state index is 0.0636. The van der Waals surface area contributed by atoms with Gasteiger partial charge in [0.25, 0.3) is 0 Å². The van der Waals surface area contributed by atoms with Gasteiger partial charge in [-0.25, -0.2) is 14.4 Å². The fraction of sp³-hybridized carbons (Fsp3) is 0.267. The molecule has 2 aromatic carbocycles. The van der Waals surface area contributed by atoms with E-state index >= 15 is 0 Å². The summed E-state index contributed by atoms with van der Waals surface area (Å²) in [6, 6.07) is 16.3. The van der Waals surface area contributed by atoms with E-state index in [1.54, 1.807) is 33.0 Å². The summed E-state index contributed by atoms with van der Waals surface area (Å²) >= 11 is 0. The van der Waals surface area contributed by atoms with Crippen molar-refractivity contribution in [3.8, 4) is 11.1 Å². The largest absolute Gasteiger partial charge is 0.480 e. The summed E-state index contributed by atoms with van der Waals surface area (Å²) in [5.41, 5.74) is 4.65. The van der Waals surface area contributed by atoms with Crippen LogP contribution >= 0.6 is 0 Å². The third-order valence-corrected chi connectivity index (χ3v) is 6.64. The Labute approximate surface area is 225 Å². The Kier molecular flexibility index (Phi) is 6.82. The van der Waals surface area contributed by atoms with Crippen molar-refractivity contribution in [1.82, 2.24) is 14.9 Å². The van der Waals surface area contributed by atoms with E-state index in [2.05, 4.69) is 10.3 Å². The lowest BCUT2D eigenvalue weighted by Crippen LogP contribution is -2.42. The molecule has 0 spiro atoms. The van der Waals surface area contributed by atoms with Crippen molar-refractivity contribution in [3.05, 3.63) is 89.9 Å². The van der Waals surface area contributed by atoms with Crippen LogP contribution in [-0.4, -0.2) is 51.1 Å². The average molecular weight is 528 g/mol. The molecule has 2 aromatic heterocycles. The van der Waals surface area contributed by atoms with Gasteiger partial charge in [0.1, 0.15) is 18.2 Å². The minimum atomic E-state index is -1.29. The van der Waals surface area contributed by atoms with Gasteiger partial charge in [-0.2, -0.15) is 0 Å². The van der Waals surface area contributed by atoms with Crippen LogP contribution in [0, 0.1) is 0 Å². The number of amides is 1. The molecule has 0 radical (unpaired) electrons. The highest BCUT2D eigenvalue weighted by Gasteiger charge is 2.30. The number of carboxylic acid groups (broad SMARTS) is 1. The molecule has 0 saturated heterocycles. The van der Waals surface area contributed by atoms with Crippen molar-refractivity contribution in [1.29, 1.82) is 0 Å². The van der Waals surface area contributed by atoms with Crippen molar-refractivity contribution < 1.29 is 29.0 Å². The molecule has 1 amide bonds. The standard InChI is InChI=1S/C30H29N3O6/c1-30(2,3)39-29(37)33-16-18(23-15-31-13-12-26(23)33)14-25(27(34)35)32-28(36)38-17-24-21-10-6-4-8-19(21)20-9-5-7-11-22(20)24/h4-13,15-16,24-25H,14,17H2,1-3H3,(H,32,36)(H,34,35)/t25-/m1/s1. The van der Waals surface area contributed by atoms with Crippen molar-refractivity contribution in [2.45, 2.75) is 44.8 Å². The zero-order valence-corrected chi connectivity index (χ0v) is 21.9. The van der Waals surface area contributed by atoms with Crippen LogP contribution in [0.15, 0.2) is 73.2 Å². The van der Waals surface area contributed by atoms with E-state index in [0.717, 1.165) is 22.3 Å². The van der Waals surface area contributed by atoms with E-state index in [0.29, 0.717) is 16.5 Å². The Bertz CT molecular complexity index is 1520. The van der Waals surface area contributed by atoms with Crippen molar-refractivity contribution in [2.75, 3.05) is 6.61 Å². The Hall–Kier alpha value is -4.66. The quantitative estimate of drug-likeness (QED) is 0.347. The van der Waals surface area contributed by atoms with E-state index in [1.165, 1.54) is 17.0 Å². The summed E-state index contributed by atoms with van der Waals surface area (Å²) in [6.45, 7) is 5.35. The number of ether oxygens (including phenoxy) is 2. The Balaban J connectivity index is 1.31. The maximum Gasteiger partial charge on any atom is 0.419 e. The number of nitrogens with one attached hydrogen (secondary N) is 1. The molecule has 0 saturated carbocycles. The van der Waals surface area contributed by atoms with Crippen LogP contribution in [0.2, 0.25) is 0 Å². The molecule has 0 unspecified atom stereocenters. The van der Waals surface area contributed by atoms with Gasteiger partial charge < -0.3 is 19.9 Å². The van der Waals surface area contributed by atoms with Gasteiger partial charge in [0.2, 0.25) is 0 Å². The van der Waals surface area contributed by atoms with Crippen LogP contribution in [-0.2, 0) is 20.7 Å². The molecule has 0 bridgehead atoms. The number of alkyl carbamates (subject to hydrolysis) is 1. The Morgan fingerprint density at radius 2 is 1.67 bits per heavy atom. The number of carbonyl (C=O) groups excluding carboxylic acids is 2. The van der Waals surface area contributed by atoms with Gasteiger partial charge >= 0.3 is 18.2 Å². The highest BCUT2D eigenvalue weighted by atomic mass is 16.6. The predicted octanol–water partition coefficient (Wildman–Crippen LogP) is 5.35. The average Bonchev–Trinajstić information content (AvgIpc) is 3.42. The summed E-state index contributed by atoms with van der Waals surface area (Å²) in [5.74, 6) is -1.38. The maximum absolute atomic E-state index is 12.8. The van der Waals surface area contributed by atoms with Gasteiger partial charge in [0, 0.05) is 36.3 Å². The van der Waals surface area contributed by atoms with Gasteiger partial charge in [-0.15, -0.1) is 0 Å². The molecule has 9 nitrogen and oxygen atoms in total. The second-order valence-electron chi connectivity index (χ2n) is 10.5. The van der Waals surface area contributed by atoms with Crippen LogP contribution in [0.1, 0.15) is 43.4 Å². The van der Waals surface area contributed by atoms with E-state index < -0.39 is 29.8 Å². The number of nitrogens with zero attached hydrogens (tertiary/aromatic N) is 2. The highest BCUT2D eigenvalue weighted by Crippen LogP contribution is 2.44. The number of rotatable bonds is 6. The molecule has 2 N–H and O–H groups in total. The summed E-state index contributed by atoms with van der Waals surface area (Å²) in [4.78, 5) is 41.8. The first kappa shape index (κ1) is 26.0. The van der Waals surface area contributed by atoms with Gasteiger partial charge in [0.15, 0.2) is 0 Å². The first-order valence-corrected chi connectivity index (χ1v) is 12.6. The second-order valence-corrected chi connectivity index (χ2v) is 10.5. The molecule has 0 aliphatic heterocycles. The minimum Gasteiger partial charge on any atom is -0.480 e. The second kappa shape index (κ2) is 10.2. The molecule has 0 fully saturated rings. The molecule has 1 aliphatic rings. The lowest BCUT2D eigenvalue weighted by molar-refractivity contribution is -0.139. The SMILES string of the molecule is CC(C)(C)OC(=O)n1cc(C[C@@H](NC(=O)OCC2c3ccccc3-c3ccccc32)C(=O)O)c2cnccc21. The van der Waals surface area contributed by atoms with Crippen LogP contribution in [0.3, 0.4) is 0 Å². The molecule has 4 aromatic rings. The van der Waals surface area contributed by atoms with E-state index in [9.17, 15) is 19.5 Å². The number of hydrogen-bond donors (Lipinski definition) is 2. The van der Waals surface area contributed by atoms with Gasteiger partial charge in [-0.05, 0) is 54.7 Å². The lowest BCUT2D eigenvalue weighted by atomic mass is 9.98. The Morgan fingerprint density at radius 1 is 1.03 bits per heavy atom. The number of carboxylic acids is 1. The summed E-state index contributed by atoms with van der Waals surface area (Å²) in [7, 11) is 0. The van der Waals surface area contributed by atoms with Gasteiger partial charge in [0.05, 0.1) is 5.52 Å². The summed E-state index contributed by atoms with van der Waals surface area (Å²) < 4.78 is 12.4. The van der Waals surface area contributed by atoms with Crippen molar-refractivity contribution in [3.63, 3.8) is 0 Å². The van der Waals surface area contributed by atoms with E-state index in [-0.39, 0.29) is 18.9 Å². The number of benzene rings is 2. The zero-order chi connectivity index (χ0) is 27.7. The smallest absolute Gasteiger partial charge is 0.419 e. The monoisotopic (exact) mass is 527 g/mol. The first-order valence-electron chi connectivity index (χ1n) is 12.6. The first-order chi connectivity index (χ1) is 18.6.